The summed E-state index contributed by atoms with van der Waals surface area (Å²) >= 11 is 0. The van der Waals surface area contributed by atoms with Crippen molar-refractivity contribution in [3.63, 3.8) is 0 Å². The van der Waals surface area contributed by atoms with Gasteiger partial charge in [0.25, 0.3) is 0 Å². The van der Waals surface area contributed by atoms with Crippen LogP contribution in [-0.4, -0.2) is 35.0 Å². The third-order valence-electron chi connectivity index (χ3n) is 4.11. The summed E-state index contributed by atoms with van der Waals surface area (Å²) in [5.74, 6) is 0.490. The van der Waals surface area contributed by atoms with Crippen molar-refractivity contribution in [2.45, 2.75) is 96.8 Å². The lowest BCUT2D eigenvalue weighted by Gasteiger charge is -2.05. The first-order valence-corrected chi connectivity index (χ1v) is 12.8. The fourth-order valence-corrected chi connectivity index (χ4v) is 2.54. The minimum Gasteiger partial charge on any atom is -0.314 e. The molecule has 0 heterocycles. The Labute approximate surface area is 191 Å². The van der Waals surface area contributed by atoms with E-state index in [0.29, 0.717) is 25.4 Å². The van der Waals surface area contributed by atoms with Crippen molar-refractivity contribution in [1.29, 1.82) is 0 Å². The van der Waals surface area contributed by atoms with Gasteiger partial charge in [0, 0.05) is 6.42 Å². The van der Waals surface area contributed by atoms with Crippen molar-refractivity contribution in [3.05, 3.63) is 12.3 Å². The SMILES string of the molecule is C=C(CCCCOOOOCCCCCCCCCCCCC)OOOC.O=P(O)(O)O. The summed E-state index contributed by atoms with van der Waals surface area (Å²) < 4.78 is 8.88. The molecule has 32 heavy (non-hydrogen) atoms. The van der Waals surface area contributed by atoms with Gasteiger partial charge in [-0.1, -0.05) is 77.7 Å². The molecule has 0 aliphatic carbocycles. The molecule has 0 aromatic heterocycles. The van der Waals surface area contributed by atoms with Gasteiger partial charge < -0.3 is 19.6 Å². The van der Waals surface area contributed by atoms with Gasteiger partial charge in [-0.3, -0.25) is 0 Å². The predicted octanol–water partition coefficient (Wildman–Crippen LogP) is 5.37. The lowest BCUT2D eigenvalue weighted by atomic mass is 10.1. The molecule has 0 aromatic rings. The van der Waals surface area contributed by atoms with Gasteiger partial charge >= 0.3 is 7.82 Å². The van der Waals surface area contributed by atoms with Crippen molar-refractivity contribution in [1.82, 2.24) is 0 Å². The van der Waals surface area contributed by atoms with Gasteiger partial charge in [0.1, 0.15) is 5.76 Å². The Kier molecular flexibility index (Phi) is 28.0. The molecular formula is C20H43O11P. The summed E-state index contributed by atoms with van der Waals surface area (Å²) in [5, 5.41) is 13.3. The Bertz CT molecular complexity index is 424. The fraction of sp³-hybridized carbons (Fsp3) is 0.900. The predicted molar refractivity (Wildman–Crippen MR) is 117 cm³/mol. The molecule has 0 radical (unpaired) electrons. The summed E-state index contributed by atoms with van der Waals surface area (Å²) in [5.41, 5.74) is 0. The van der Waals surface area contributed by atoms with E-state index in [4.69, 9.17) is 33.9 Å². The fourth-order valence-electron chi connectivity index (χ4n) is 2.54. The Hall–Kier alpha value is -0.590. The van der Waals surface area contributed by atoms with Gasteiger partial charge in [-0.15, -0.1) is 0 Å². The van der Waals surface area contributed by atoms with E-state index in [1.165, 1.54) is 64.9 Å². The van der Waals surface area contributed by atoms with Crippen LogP contribution in [0.4, 0.5) is 0 Å². The lowest BCUT2D eigenvalue weighted by molar-refractivity contribution is -0.634. The van der Waals surface area contributed by atoms with Crippen molar-refractivity contribution in [2.75, 3.05) is 20.3 Å². The molecule has 0 atom stereocenters. The first-order chi connectivity index (χ1) is 15.3. The Morgan fingerprint density at radius 1 is 0.719 bits per heavy atom. The van der Waals surface area contributed by atoms with E-state index in [2.05, 4.69) is 33.5 Å². The van der Waals surface area contributed by atoms with E-state index in [9.17, 15) is 0 Å². The molecule has 0 spiro atoms. The van der Waals surface area contributed by atoms with Gasteiger partial charge in [-0.2, -0.15) is 4.89 Å². The van der Waals surface area contributed by atoms with E-state index >= 15 is 0 Å². The van der Waals surface area contributed by atoms with Gasteiger partial charge in [0.15, 0.2) is 0 Å². The largest absolute Gasteiger partial charge is 0.466 e. The van der Waals surface area contributed by atoms with Crippen LogP contribution in [0, 0.1) is 0 Å². The summed E-state index contributed by atoms with van der Waals surface area (Å²) in [4.78, 5) is 40.3. The molecule has 0 aromatic carbocycles. The number of phosphoric acid groups is 1. The van der Waals surface area contributed by atoms with Crippen LogP contribution in [0.5, 0.6) is 0 Å². The van der Waals surface area contributed by atoms with Crippen LogP contribution < -0.4 is 0 Å². The van der Waals surface area contributed by atoms with Crippen molar-refractivity contribution >= 4 is 7.82 Å². The van der Waals surface area contributed by atoms with Crippen LogP contribution in [0.3, 0.4) is 0 Å². The summed E-state index contributed by atoms with van der Waals surface area (Å²) in [6.07, 6.45) is 16.5. The van der Waals surface area contributed by atoms with Crippen LogP contribution in [0.2, 0.25) is 0 Å². The number of hydrogen-bond donors (Lipinski definition) is 3. The first kappa shape index (κ1) is 33.6. The quantitative estimate of drug-likeness (QED) is 0.0559. The second kappa shape index (κ2) is 26.7. The van der Waals surface area contributed by atoms with E-state index in [1.807, 2.05) is 0 Å². The van der Waals surface area contributed by atoms with Crippen LogP contribution in [0.1, 0.15) is 96.8 Å². The molecule has 0 aliphatic heterocycles. The monoisotopic (exact) mass is 490 g/mol. The molecule has 12 heteroatoms. The Balaban J connectivity index is 0. The van der Waals surface area contributed by atoms with E-state index in [1.54, 1.807) is 0 Å². The van der Waals surface area contributed by atoms with E-state index in [0.717, 1.165) is 25.7 Å². The molecule has 194 valence electrons. The van der Waals surface area contributed by atoms with Crippen LogP contribution in [0.25, 0.3) is 0 Å². The van der Waals surface area contributed by atoms with Crippen LogP contribution >= 0.6 is 7.82 Å². The zero-order chi connectivity index (χ0) is 24.3. The average molecular weight is 491 g/mol. The van der Waals surface area contributed by atoms with Gasteiger partial charge in [-0.25, -0.2) is 14.3 Å². The van der Waals surface area contributed by atoms with E-state index < -0.39 is 7.82 Å². The molecule has 0 rings (SSSR count). The highest BCUT2D eigenvalue weighted by Gasteiger charge is 2.00. The summed E-state index contributed by atoms with van der Waals surface area (Å²) in [7, 11) is -3.28. The van der Waals surface area contributed by atoms with Crippen molar-refractivity contribution < 1.29 is 53.9 Å². The van der Waals surface area contributed by atoms with Gasteiger partial charge in [-0.05, 0) is 34.4 Å². The third-order valence-corrected chi connectivity index (χ3v) is 4.11. The number of hydrogen-bond acceptors (Lipinski definition) is 8. The van der Waals surface area contributed by atoms with Gasteiger partial charge in [0.05, 0.1) is 20.3 Å². The molecule has 3 N–H and O–H groups in total. The normalized spacial score (nSPS) is 11.2. The number of rotatable bonds is 23. The Morgan fingerprint density at radius 2 is 1.12 bits per heavy atom. The lowest BCUT2D eigenvalue weighted by Crippen LogP contribution is -2.01. The number of allylic oxidation sites excluding steroid dienone is 1. The zero-order valence-electron chi connectivity index (χ0n) is 19.6. The first-order valence-electron chi connectivity index (χ1n) is 11.2. The summed E-state index contributed by atoms with van der Waals surface area (Å²) in [6, 6.07) is 0. The van der Waals surface area contributed by atoms with Crippen molar-refractivity contribution in [2.24, 2.45) is 0 Å². The van der Waals surface area contributed by atoms with E-state index in [-0.39, 0.29) is 0 Å². The maximum Gasteiger partial charge on any atom is 0.466 e. The van der Waals surface area contributed by atoms with Crippen LogP contribution in [-0.2, 0) is 39.2 Å². The second-order valence-electron chi connectivity index (χ2n) is 7.14. The van der Waals surface area contributed by atoms with Crippen LogP contribution in [0.15, 0.2) is 12.3 Å². The molecule has 11 nitrogen and oxygen atoms in total. The highest BCUT2D eigenvalue weighted by atomic mass is 31.2. The molecular weight excluding hydrogens is 447 g/mol. The molecule has 0 bridgehead atoms. The molecule has 0 unspecified atom stereocenters. The molecule has 0 saturated carbocycles. The summed E-state index contributed by atoms with van der Waals surface area (Å²) in [6.45, 7) is 6.82. The molecule has 0 amide bonds. The molecule has 0 aliphatic rings. The minimum atomic E-state index is -4.64. The third kappa shape index (κ3) is 39.8. The maximum absolute atomic E-state index is 8.88. The number of unbranched alkanes of at least 4 members (excludes halogenated alkanes) is 11. The average Bonchev–Trinajstić information content (AvgIpc) is 2.72. The highest BCUT2D eigenvalue weighted by Crippen LogP contribution is 2.25. The zero-order valence-corrected chi connectivity index (χ0v) is 20.5. The molecule has 0 fully saturated rings. The second-order valence-corrected chi connectivity index (χ2v) is 8.17. The maximum atomic E-state index is 8.88. The van der Waals surface area contributed by atoms with Gasteiger partial charge in [0.2, 0.25) is 0 Å². The Morgan fingerprint density at radius 3 is 1.56 bits per heavy atom. The standard InChI is InChI=1S/C20H40O7.H3O4P/c1-4-5-6-7-8-9-10-11-12-13-15-18-22-26-27-23-19-16-14-17-20(2)24-25-21-3;1-5(2,3)4/h2,4-19H2,1,3H3;(H3,1,2,3,4). The smallest absolute Gasteiger partial charge is 0.314 e. The topological polar surface area (TPSA) is 142 Å². The minimum absolute atomic E-state index is 0.389. The molecule has 0 saturated heterocycles. The van der Waals surface area contributed by atoms with Crippen molar-refractivity contribution in [3.8, 4) is 0 Å². The highest BCUT2D eigenvalue weighted by molar-refractivity contribution is 7.45.